The first kappa shape index (κ1) is 12.9. The van der Waals surface area contributed by atoms with Gasteiger partial charge in [0, 0.05) is 18.5 Å². The number of rotatable bonds is 5. The summed E-state index contributed by atoms with van der Waals surface area (Å²) in [5, 5.41) is 0. The first-order valence-electron chi connectivity index (χ1n) is 6.74. The van der Waals surface area contributed by atoms with E-state index < -0.39 is 0 Å². The SMILES string of the molecule is ClCCC[C@@H]1CCCCN1Cc1ccccc1. The van der Waals surface area contributed by atoms with Crippen molar-refractivity contribution in [1.82, 2.24) is 4.90 Å². The van der Waals surface area contributed by atoms with Crippen LogP contribution < -0.4 is 0 Å². The topological polar surface area (TPSA) is 3.24 Å². The molecule has 17 heavy (non-hydrogen) atoms. The normalized spacial score (nSPS) is 21.6. The molecule has 1 aliphatic heterocycles. The molecule has 1 fully saturated rings. The number of benzene rings is 1. The first-order chi connectivity index (χ1) is 8.40. The number of alkyl halides is 1. The van der Waals surface area contributed by atoms with E-state index in [1.54, 1.807) is 0 Å². The summed E-state index contributed by atoms with van der Waals surface area (Å²) in [6.45, 7) is 2.36. The minimum Gasteiger partial charge on any atom is -0.296 e. The van der Waals surface area contributed by atoms with E-state index in [0.717, 1.165) is 24.9 Å². The molecule has 1 saturated heterocycles. The summed E-state index contributed by atoms with van der Waals surface area (Å²) in [7, 11) is 0. The van der Waals surface area contributed by atoms with Crippen LogP contribution in [0.3, 0.4) is 0 Å². The van der Waals surface area contributed by atoms with Crippen molar-refractivity contribution in [2.75, 3.05) is 12.4 Å². The summed E-state index contributed by atoms with van der Waals surface area (Å²) in [5.74, 6) is 0.801. The second kappa shape index (κ2) is 7.03. The van der Waals surface area contributed by atoms with Crippen LogP contribution in [0.2, 0.25) is 0 Å². The van der Waals surface area contributed by atoms with Crippen LogP contribution >= 0.6 is 11.6 Å². The molecule has 1 aliphatic rings. The summed E-state index contributed by atoms with van der Waals surface area (Å²) in [6.07, 6.45) is 6.50. The highest BCUT2D eigenvalue weighted by molar-refractivity contribution is 6.17. The third kappa shape index (κ3) is 4.01. The molecule has 1 aromatic carbocycles. The number of hydrogen-bond donors (Lipinski definition) is 0. The highest BCUT2D eigenvalue weighted by atomic mass is 35.5. The van der Waals surface area contributed by atoms with Gasteiger partial charge in [0.1, 0.15) is 0 Å². The number of halogens is 1. The van der Waals surface area contributed by atoms with Gasteiger partial charge < -0.3 is 0 Å². The van der Waals surface area contributed by atoms with E-state index >= 15 is 0 Å². The third-order valence-electron chi connectivity index (χ3n) is 3.65. The van der Waals surface area contributed by atoms with Crippen LogP contribution in [0, 0.1) is 0 Å². The molecule has 0 N–H and O–H groups in total. The minimum absolute atomic E-state index is 0.753. The highest BCUT2D eigenvalue weighted by Gasteiger charge is 2.21. The lowest BCUT2D eigenvalue weighted by Crippen LogP contribution is -2.38. The van der Waals surface area contributed by atoms with Crippen LogP contribution in [0.5, 0.6) is 0 Å². The van der Waals surface area contributed by atoms with Crippen LogP contribution in [0.15, 0.2) is 30.3 Å². The van der Waals surface area contributed by atoms with E-state index in [1.807, 2.05) is 0 Å². The maximum absolute atomic E-state index is 5.81. The first-order valence-corrected chi connectivity index (χ1v) is 7.27. The summed E-state index contributed by atoms with van der Waals surface area (Å²) in [6, 6.07) is 11.6. The maximum Gasteiger partial charge on any atom is 0.0236 e. The quantitative estimate of drug-likeness (QED) is 0.714. The molecule has 0 aliphatic carbocycles. The van der Waals surface area contributed by atoms with Gasteiger partial charge in [-0.2, -0.15) is 0 Å². The second-order valence-electron chi connectivity index (χ2n) is 4.94. The Balaban J connectivity index is 1.92. The average Bonchev–Trinajstić information content (AvgIpc) is 2.39. The summed E-state index contributed by atoms with van der Waals surface area (Å²) in [4.78, 5) is 2.64. The Morgan fingerprint density at radius 1 is 1.18 bits per heavy atom. The van der Waals surface area contributed by atoms with Crippen molar-refractivity contribution in [1.29, 1.82) is 0 Å². The summed E-state index contributed by atoms with van der Waals surface area (Å²) in [5.41, 5.74) is 1.44. The molecule has 0 amide bonds. The molecule has 0 radical (unpaired) electrons. The molecule has 1 nitrogen and oxygen atoms in total. The van der Waals surface area contributed by atoms with Crippen LogP contribution in [-0.2, 0) is 6.54 Å². The Bertz CT molecular complexity index is 312. The van der Waals surface area contributed by atoms with Gasteiger partial charge >= 0.3 is 0 Å². The molecule has 2 rings (SSSR count). The van der Waals surface area contributed by atoms with Gasteiger partial charge in [-0.1, -0.05) is 36.8 Å². The van der Waals surface area contributed by atoms with Gasteiger partial charge in [0.05, 0.1) is 0 Å². The lowest BCUT2D eigenvalue weighted by Gasteiger charge is -2.35. The van der Waals surface area contributed by atoms with Crippen molar-refractivity contribution in [3.8, 4) is 0 Å². The Morgan fingerprint density at radius 3 is 2.76 bits per heavy atom. The number of nitrogens with zero attached hydrogens (tertiary/aromatic N) is 1. The molecule has 1 heterocycles. The average molecular weight is 252 g/mol. The third-order valence-corrected chi connectivity index (χ3v) is 3.92. The van der Waals surface area contributed by atoms with E-state index in [-0.39, 0.29) is 0 Å². The van der Waals surface area contributed by atoms with Crippen molar-refractivity contribution in [3.63, 3.8) is 0 Å². The molecule has 1 atom stereocenters. The Morgan fingerprint density at radius 2 is 2.00 bits per heavy atom. The van der Waals surface area contributed by atoms with Crippen molar-refractivity contribution < 1.29 is 0 Å². The molecular weight excluding hydrogens is 230 g/mol. The summed E-state index contributed by atoms with van der Waals surface area (Å²) >= 11 is 5.81. The van der Waals surface area contributed by atoms with Gasteiger partial charge in [0.25, 0.3) is 0 Å². The maximum atomic E-state index is 5.81. The predicted octanol–water partition coefficient (Wildman–Crippen LogP) is 4.06. The number of piperidine rings is 1. The van der Waals surface area contributed by atoms with E-state index in [9.17, 15) is 0 Å². The smallest absolute Gasteiger partial charge is 0.0236 e. The van der Waals surface area contributed by atoms with Crippen LogP contribution in [0.1, 0.15) is 37.7 Å². The molecule has 94 valence electrons. The van der Waals surface area contributed by atoms with E-state index in [4.69, 9.17) is 11.6 Å². The van der Waals surface area contributed by atoms with Gasteiger partial charge in [0.2, 0.25) is 0 Å². The summed E-state index contributed by atoms with van der Waals surface area (Å²) < 4.78 is 0. The van der Waals surface area contributed by atoms with Gasteiger partial charge in [-0.3, -0.25) is 4.90 Å². The van der Waals surface area contributed by atoms with Gasteiger partial charge in [0.15, 0.2) is 0 Å². The Labute approximate surface area is 110 Å². The zero-order chi connectivity index (χ0) is 11.9. The lowest BCUT2D eigenvalue weighted by atomic mass is 9.97. The fraction of sp³-hybridized carbons (Fsp3) is 0.600. The molecule has 1 aromatic rings. The highest BCUT2D eigenvalue weighted by Crippen LogP contribution is 2.23. The van der Waals surface area contributed by atoms with Crippen molar-refractivity contribution >= 4 is 11.6 Å². The number of likely N-dealkylation sites (tertiary alicyclic amines) is 1. The lowest BCUT2D eigenvalue weighted by molar-refractivity contribution is 0.132. The minimum atomic E-state index is 0.753. The Hall–Kier alpha value is -0.530. The zero-order valence-electron chi connectivity index (χ0n) is 10.4. The van der Waals surface area contributed by atoms with Crippen LogP contribution in [0.4, 0.5) is 0 Å². The molecule has 0 unspecified atom stereocenters. The van der Waals surface area contributed by atoms with Gasteiger partial charge in [-0.05, 0) is 37.8 Å². The molecular formula is C15H22ClN. The van der Waals surface area contributed by atoms with Crippen LogP contribution in [-0.4, -0.2) is 23.4 Å². The zero-order valence-corrected chi connectivity index (χ0v) is 11.2. The molecule has 0 saturated carbocycles. The van der Waals surface area contributed by atoms with Crippen molar-refractivity contribution in [2.24, 2.45) is 0 Å². The fourth-order valence-corrected chi connectivity index (χ4v) is 2.88. The van der Waals surface area contributed by atoms with Crippen molar-refractivity contribution in [3.05, 3.63) is 35.9 Å². The van der Waals surface area contributed by atoms with E-state index in [0.29, 0.717) is 0 Å². The predicted molar refractivity (Wildman–Crippen MR) is 74.4 cm³/mol. The molecule has 0 aromatic heterocycles. The van der Waals surface area contributed by atoms with Crippen molar-refractivity contribution in [2.45, 2.75) is 44.7 Å². The molecule has 0 spiro atoms. The Kier molecular flexibility index (Phi) is 5.34. The standard InChI is InChI=1S/C15H22ClN/c16-11-6-10-15-9-4-5-12-17(15)13-14-7-2-1-3-8-14/h1-3,7-8,15H,4-6,9-13H2/t15-/m0/s1. The van der Waals surface area contributed by atoms with E-state index in [1.165, 1.54) is 37.8 Å². The van der Waals surface area contributed by atoms with E-state index in [2.05, 4.69) is 35.2 Å². The monoisotopic (exact) mass is 251 g/mol. The second-order valence-corrected chi connectivity index (χ2v) is 5.31. The molecule has 2 heteroatoms. The van der Waals surface area contributed by atoms with Crippen LogP contribution in [0.25, 0.3) is 0 Å². The van der Waals surface area contributed by atoms with Gasteiger partial charge in [-0.25, -0.2) is 0 Å². The molecule has 0 bridgehead atoms. The fourth-order valence-electron chi connectivity index (χ4n) is 2.73. The largest absolute Gasteiger partial charge is 0.296 e. The van der Waals surface area contributed by atoms with Gasteiger partial charge in [-0.15, -0.1) is 11.6 Å². The number of hydrogen-bond acceptors (Lipinski definition) is 1.